The highest BCUT2D eigenvalue weighted by atomic mass is 16.3. The fourth-order valence-electron chi connectivity index (χ4n) is 3.22. The standard InChI is InChI=1S/C19H31N3O2/c1-15(2)17(10-13-23)20-19(24)21-18(14-22-11-6-7-12-22)16-8-4-3-5-9-16/h3-5,8-9,15,17-18,23H,6-7,10-14H2,1-2H3,(H2,20,21,24). The van der Waals surface area contributed by atoms with Crippen LogP contribution in [0.15, 0.2) is 30.3 Å². The largest absolute Gasteiger partial charge is 0.396 e. The summed E-state index contributed by atoms with van der Waals surface area (Å²) in [6.07, 6.45) is 3.05. The van der Waals surface area contributed by atoms with Gasteiger partial charge in [0.15, 0.2) is 0 Å². The average molecular weight is 333 g/mol. The first-order valence-corrected chi connectivity index (χ1v) is 9.05. The predicted molar refractivity (Wildman–Crippen MR) is 96.9 cm³/mol. The van der Waals surface area contributed by atoms with E-state index in [2.05, 4.69) is 41.5 Å². The second-order valence-electron chi connectivity index (χ2n) is 6.95. The van der Waals surface area contributed by atoms with E-state index in [-0.39, 0.29) is 30.6 Å². The van der Waals surface area contributed by atoms with E-state index in [0.717, 1.165) is 25.2 Å². The molecule has 1 saturated heterocycles. The summed E-state index contributed by atoms with van der Waals surface area (Å²) in [4.78, 5) is 14.9. The highest BCUT2D eigenvalue weighted by molar-refractivity contribution is 5.74. The van der Waals surface area contributed by atoms with Crippen LogP contribution in [0.5, 0.6) is 0 Å². The van der Waals surface area contributed by atoms with E-state index in [4.69, 9.17) is 5.11 Å². The average Bonchev–Trinajstić information content (AvgIpc) is 3.07. The maximum atomic E-state index is 12.5. The van der Waals surface area contributed by atoms with Crippen molar-refractivity contribution in [1.82, 2.24) is 15.5 Å². The third kappa shape index (κ3) is 5.80. The molecule has 0 spiro atoms. The molecule has 2 amide bonds. The van der Waals surface area contributed by atoms with E-state index in [1.54, 1.807) is 0 Å². The smallest absolute Gasteiger partial charge is 0.315 e. The number of likely N-dealkylation sites (tertiary alicyclic amines) is 1. The second-order valence-corrected chi connectivity index (χ2v) is 6.95. The summed E-state index contributed by atoms with van der Waals surface area (Å²) < 4.78 is 0. The lowest BCUT2D eigenvalue weighted by molar-refractivity contribution is 0.211. The number of aliphatic hydroxyl groups excluding tert-OH is 1. The molecule has 2 rings (SSSR count). The van der Waals surface area contributed by atoms with E-state index in [1.807, 2.05) is 18.2 Å². The van der Waals surface area contributed by atoms with E-state index in [9.17, 15) is 4.79 Å². The van der Waals surface area contributed by atoms with Crippen LogP contribution in [-0.4, -0.2) is 48.3 Å². The van der Waals surface area contributed by atoms with Crippen LogP contribution in [0.3, 0.4) is 0 Å². The van der Waals surface area contributed by atoms with Crippen LogP contribution in [-0.2, 0) is 0 Å². The molecule has 1 aliphatic rings. The predicted octanol–water partition coefficient (Wildman–Crippen LogP) is 2.53. The summed E-state index contributed by atoms with van der Waals surface area (Å²) in [5.41, 5.74) is 1.13. The van der Waals surface area contributed by atoms with Crippen LogP contribution in [0.2, 0.25) is 0 Å². The number of carbonyl (C=O) groups is 1. The first-order chi connectivity index (χ1) is 11.6. The molecule has 1 aliphatic heterocycles. The minimum atomic E-state index is -0.157. The number of carbonyl (C=O) groups excluding carboxylic acids is 1. The Balaban J connectivity index is 1.99. The van der Waals surface area contributed by atoms with E-state index in [0.29, 0.717) is 6.42 Å². The van der Waals surface area contributed by atoms with Gasteiger partial charge in [-0.1, -0.05) is 44.2 Å². The number of rotatable bonds is 8. The third-order valence-electron chi connectivity index (χ3n) is 4.71. The molecule has 1 aromatic carbocycles. The van der Waals surface area contributed by atoms with Crippen LogP contribution in [0.1, 0.15) is 44.7 Å². The molecule has 1 heterocycles. The zero-order valence-electron chi connectivity index (χ0n) is 14.9. The van der Waals surface area contributed by atoms with Crippen molar-refractivity contribution in [3.8, 4) is 0 Å². The Morgan fingerprint density at radius 3 is 2.42 bits per heavy atom. The first-order valence-electron chi connectivity index (χ1n) is 9.05. The number of benzene rings is 1. The van der Waals surface area contributed by atoms with Crippen molar-refractivity contribution in [2.24, 2.45) is 5.92 Å². The number of urea groups is 1. The summed E-state index contributed by atoms with van der Waals surface area (Å²) in [7, 11) is 0. The third-order valence-corrected chi connectivity index (χ3v) is 4.71. The highest BCUT2D eigenvalue weighted by Crippen LogP contribution is 2.17. The zero-order valence-corrected chi connectivity index (χ0v) is 14.9. The lowest BCUT2D eigenvalue weighted by Gasteiger charge is -2.27. The lowest BCUT2D eigenvalue weighted by atomic mass is 10.0. The van der Waals surface area contributed by atoms with E-state index in [1.165, 1.54) is 12.8 Å². The Morgan fingerprint density at radius 2 is 1.83 bits per heavy atom. The monoisotopic (exact) mass is 333 g/mol. The topological polar surface area (TPSA) is 64.6 Å². The van der Waals surface area contributed by atoms with Gasteiger partial charge >= 0.3 is 6.03 Å². The normalized spacial score (nSPS) is 17.7. The van der Waals surface area contributed by atoms with Gasteiger partial charge in [0.2, 0.25) is 0 Å². The number of amides is 2. The molecule has 24 heavy (non-hydrogen) atoms. The van der Waals surface area contributed by atoms with Crippen molar-refractivity contribution in [3.63, 3.8) is 0 Å². The fourth-order valence-corrected chi connectivity index (χ4v) is 3.22. The molecule has 1 aromatic rings. The maximum Gasteiger partial charge on any atom is 0.315 e. The fraction of sp³-hybridized carbons (Fsp3) is 0.632. The minimum Gasteiger partial charge on any atom is -0.396 e. The van der Waals surface area contributed by atoms with E-state index >= 15 is 0 Å². The Kier molecular flexibility index (Phi) is 7.53. The molecule has 5 nitrogen and oxygen atoms in total. The molecule has 3 N–H and O–H groups in total. The number of aliphatic hydroxyl groups is 1. The Hall–Kier alpha value is -1.59. The quantitative estimate of drug-likeness (QED) is 0.685. The molecule has 0 aliphatic carbocycles. The molecular weight excluding hydrogens is 302 g/mol. The maximum absolute atomic E-state index is 12.5. The molecular formula is C19H31N3O2. The lowest BCUT2D eigenvalue weighted by Crippen LogP contribution is -2.47. The molecule has 0 bridgehead atoms. The summed E-state index contributed by atoms with van der Waals surface area (Å²) in [6.45, 7) is 7.24. The molecule has 0 aromatic heterocycles. The second kappa shape index (κ2) is 9.64. The van der Waals surface area contributed by atoms with Crippen LogP contribution in [0, 0.1) is 5.92 Å². The molecule has 134 valence electrons. The van der Waals surface area contributed by atoms with Crippen LogP contribution in [0.4, 0.5) is 4.79 Å². The highest BCUT2D eigenvalue weighted by Gasteiger charge is 2.22. The van der Waals surface area contributed by atoms with Gasteiger partial charge in [-0.15, -0.1) is 0 Å². The van der Waals surface area contributed by atoms with E-state index < -0.39 is 0 Å². The van der Waals surface area contributed by atoms with Crippen molar-refractivity contribution < 1.29 is 9.90 Å². The Labute approximate surface area is 145 Å². The summed E-state index contributed by atoms with van der Waals surface area (Å²) in [5, 5.41) is 15.3. The summed E-state index contributed by atoms with van der Waals surface area (Å²) >= 11 is 0. The molecule has 0 radical (unpaired) electrons. The number of hydrogen-bond donors (Lipinski definition) is 3. The van der Waals surface area contributed by atoms with Gasteiger partial charge < -0.3 is 20.6 Å². The molecule has 2 unspecified atom stereocenters. The minimum absolute atomic E-state index is 0.0155. The first kappa shape index (κ1) is 18.7. The van der Waals surface area contributed by atoms with Crippen molar-refractivity contribution in [2.45, 2.75) is 45.2 Å². The number of nitrogens with zero attached hydrogens (tertiary/aromatic N) is 1. The summed E-state index contributed by atoms with van der Waals surface area (Å²) in [5.74, 6) is 0.289. The summed E-state index contributed by atoms with van der Waals surface area (Å²) in [6, 6.07) is 9.94. The van der Waals surface area contributed by atoms with Crippen LogP contribution in [0.25, 0.3) is 0 Å². The van der Waals surface area contributed by atoms with Gasteiger partial charge in [-0.3, -0.25) is 0 Å². The Bertz CT molecular complexity index is 487. The van der Waals surface area contributed by atoms with Gasteiger partial charge in [0.1, 0.15) is 0 Å². The van der Waals surface area contributed by atoms with Crippen LogP contribution < -0.4 is 10.6 Å². The van der Waals surface area contributed by atoms with Crippen molar-refractivity contribution in [1.29, 1.82) is 0 Å². The SMILES string of the molecule is CC(C)C(CCO)NC(=O)NC(CN1CCCC1)c1ccccc1. The molecule has 0 saturated carbocycles. The van der Waals surface area contributed by atoms with Gasteiger partial charge in [0.05, 0.1) is 6.04 Å². The van der Waals surface area contributed by atoms with Gasteiger partial charge in [0.25, 0.3) is 0 Å². The van der Waals surface area contributed by atoms with Crippen molar-refractivity contribution >= 4 is 6.03 Å². The van der Waals surface area contributed by atoms with Gasteiger partial charge in [-0.25, -0.2) is 4.79 Å². The zero-order chi connectivity index (χ0) is 17.4. The number of nitrogens with one attached hydrogen (secondary N) is 2. The number of hydrogen-bond acceptors (Lipinski definition) is 3. The Morgan fingerprint density at radius 1 is 1.17 bits per heavy atom. The van der Waals surface area contributed by atoms with Gasteiger partial charge in [0, 0.05) is 19.2 Å². The van der Waals surface area contributed by atoms with Crippen molar-refractivity contribution in [3.05, 3.63) is 35.9 Å². The van der Waals surface area contributed by atoms with Crippen LogP contribution >= 0.6 is 0 Å². The van der Waals surface area contributed by atoms with Gasteiger partial charge in [-0.05, 0) is 43.8 Å². The van der Waals surface area contributed by atoms with Crippen molar-refractivity contribution in [2.75, 3.05) is 26.2 Å². The molecule has 1 fully saturated rings. The molecule has 5 heteroatoms. The molecule has 2 atom stereocenters. The van der Waals surface area contributed by atoms with Gasteiger partial charge in [-0.2, -0.15) is 0 Å².